The van der Waals surface area contributed by atoms with Crippen LogP contribution in [0.2, 0.25) is 0 Å². The molecule has 1 N–H and O–H groups in total. The number of hydrogen-bond donors (Lipinski definition) is 1. The van der Waals surface area contributed by atoms with Gasteiger partial charge in [0.1, 0.15) is 0 Å². The maximum atomic E-state index is 12.9. The normalized spacial score (nSPS) is 20.2. The van der Waals surface area contributed by atoms with Crippen LogP contribution in [-0.4, -0.2) is 44.3 Å². The first-order valence-corrected chi connectivity index (χ1v) is 11.5. The van der Waals surface area contributed by atoms with Gasteiger partial charge in [-0.05, 0) is 56.7 Å². The van der Waals surface area contributed by atoms with Gasteiger partial charge in [0.2, 0.25) is 10.0 Å². The van der Waals surface area contributed by atoms with Crippen LogP contribution in [-0.2, 0) is 24.3 Å². The van der Waals surface area contributed by atoms with Crippen LogP contribution >= 0.6 is 0 Å². The molecule has 3 rings (SSSR count). The highest BCUT2D eigenvalue weighted by Gasteiger charge is 2.26. The van der Waals surface area contributed by atoms with Gasteiger partial charge in [-0.3, -0.25) is 9.59 Å². The molecule has 0 saturated carbocycles. The van der Waals surface area contributed by atoms with E-state index >= 15 is 0 Å². The maximum Gasteiger partial charge on any atom is 0.309 e. The van der Waals surface area contributed by atoms with Crippen LogP contribution in [0.15, 0.2) is 35.2 Å². The fourth-order valence-corrected chi connectivity index (χ4v) is 5.14. The zero-order valence-electron chi connectivity index (χ0n) is 16.7. The molecule has 1 fully saturated rings. The van der Waals surface area contributed by atoms with E-state index in [9.17, 15) is 18.0 Å². The SMILES string of the molecule is Cc1ccc(S(=O)(=O)N2CCCCC2)cc1NC(=O)COC(=O)[C@@H]1CC=CCC1. The number of allylic oxidation sites excluding steroid dienone is 2. The first-order valence-electron chi connectivity index (χ1n) is 10.1. The molecule has 2 aliphatic rings. The van der Waals surface area contributed by atoms with Crippen LogP contribution < -0.4 is 5.32 Å². The third-order valence-electron chi connectivity index (χ3n) is 5.38. The lowest BCUT2D eigenvalue weighted by molar-refractivity contribution is -0.151. The van der Waals surface area contributed by atoms with Crippen LogP contribution in [0.3, 0.4) is 0 Å². The van der Waals surface area contributed by atoms with Crippen molar-refractivity contribution in [1.82, 2.24) is 4.31 Å². The summed E-state index contributed by atoms with van der Waals surface area (Å²) in [6.45, 7) is 2.43. The predicted octanol–water partition coefficient (Wildman–Crippen LogP) is 3.01. The molecule has 1 aliphatic carbocycles. The first kappa shape index (κ1) is 21.5. The molecule has 1 aromatic carbocycles. The van der Waals surface area contributed by atoms with Gasteiger partial charge >= 0.3 is 5.97 Å². The topological polar surface area (TPSA) is 92.8 Å². The Morgan fingerprint density at radius 3 is 2.62 bits per heavy atom. The van der Waals surface area contributed by atoms with E-state index in [4.69, 9.17) is 4.74 Å². The lowest BCUT2D eigenvalue weighted by Crippen LogP contribution is -2.35. The van der Waals surface area contributed by atoms with Crippen molar-refractivity contribution in [3.05, 3.63) is 35.9 Å². The Bertz CT molecular complexity index is 888. The summed E-state index contributed by atoms with van der Waals surface area (Å²) >= 11 is 0. The average Bonchev–Trinajstić information content (AvgIpc) is 2.74. The number of nitrogens with one attached hydrogen (secondary N) is 1. The summed E-state index contributed by atoms with van der Waals surface area (Å²) in [4.78, 5) is 24.5. The fourth-order valence-electron chi connectivity index (χ4n) is 3.60. The summed E-state index contributed by atoms with van der Waals surface area (Å²) in [5.41, 5.74) is 1.14. The highest BCUT2D eigenvalue weighted by molar-refractivity contribution is 7.89. The summed E-state index contributed by atoms with van der Waals surface area (Å²) in [5.74, 6) is -1.06. The Balaban J connectivity index is 1.62. The quantitative estimate of drug-likeness (QED) is 0.564. The Labute approximate surface area is 172 Å². The zero-order chi connectivity index (χ0) is 20.9. The van der Waals surface area contributed by atoms with Crippen molar-refractivity contribution in [2.45, 2.75) is 50.3 Å². The van der Waals surface area contributed by atoms with Gasteiger partial charge in [0.05, 0.1) is 10.8 Å². The number of ether oxygens (including phenoxy) is 1. The molecule has 0 bridgehead atoms. The number of carbonyl (C=O) groups excluding carboxylic acids is 2. The summed E-state index contributed by atoms with van der Waals surface area (Å²) in [5, 5.41) is 2.67. The summed E-state index contributed by atoms with van der Waals surface area (Å²) in [7, 11) is -3.59. The number of aryl methyl sites for hydroxylation is 1. The maximum absolute atomic E-state index is 12.9. The largest absolute Gasteiger partial charge is 0.455 e. The number of nitrogens with zero attached hydrogens (tertiary/aromatic N) is 1. The highest BCUT2D eigenvalue weighted by atomic mass is 32.2. The van der Waals surface area contributed by atoms with Crippen molar-refractivity contribution in [3.63, 3.8) is 0 Å². The molecule has 1 heterocycles. The van der Waals surface area contributed by atoms with Crippen LogP contribution in [0, 0.1) is 12.8 Å². The average molecular weight is 421 g/mol. The fraction of sp³-hybridized carbons (Fsp3) is 0.524. The molecular weight excluding hydrogens is 392 g/mol. The third-order valence-corrected chi connectivity index (χ3v) is 7.28. The molecule has 1 saturated heterocycles. The number of piperidine rings is 1. The monoisotopic (exact) mass is 420 g/mol. The van der Waals surface area contributed by atoms with Gasteiger partial charge < -0.3 is 10.1 Å². The molecule has 29 heavy (non-hydrogen) atoms. The lowest BCUT2D eigenvalue weighted by atomic mass is 9.95. The second-order valence-corrected chi connectivity index (χ2v) is 9.52. The van der Waals surface area contributed by atoms with Crippen LogP contribution in [0.1, 0.15) is 44.1 Å². The number of hydrogen-bond acceptors (Lipinski definition) is 5. The lowest BCUT2D eigenvalue weighted by Gasteiger charge is -2.26. The third kappa shape index (κ3) is 5.45. The van der Waals surface area contributed by atoms with Crippen LogP contribution in [0.25, 0.3) is 0 Å². The number of anilines is 1. The minimum atomic E-state index is -3.59. The van der Waals surface area contributed by atoms with Gasteiger partial charge in [-0.1, -0.05) is 24.6 Å². The van der Waals surface area contributed by atoms with Gasteiger partial charge in [0, 0.05) is 18.8 Å². The van der Waals surface area contributed by atoms with Crippen molar-refractivity contribution in [2.24, 2.45) is 5.92 Å². The second-order valence-electron chi connectivity index (χ2n) is 7.58. The van der Waals surface area contributed by atoms with E-state index in [0.717, 1.165) is 37.7 Å². The van der Waals surface area contributed by atoms with Gasteiger partial charge in [-0.15, -0.1) is 0 Å². The van der Waals surface area contributed by atoms with Crippen molar-refractivity contribution in [1.29, 1.82) is 0 Å². The smallest absolute Gasteiger partial charge is 0.309 e. The van der Waals surface area contributed by atoms with E-state index in [1.165, 1.54) is 10.4 Å². The van der Waals surface area contributed by atoms with Gasteiger partial charge in [-0.2, -0.15) is 4.31 Å². The van der Waals surface area contributed by atoms with Crippen molar-refractivity contribution >= 4 is 27.6 Å². The van der Waals surface area contributed by atoms with Gasteiger partial charge in [-0.25, -0.2) is 8.42 Å². The predicted molar refractivity (Wildman–Crippen MR) is 110 cm³/mol. The molecule has 1 aromatic rings. The second kappa shape index (κ2) is 9.54. The molecule has 0 radical (unpaired) electrons. The Hall–Kier alpha value is -2.19. The molecule has 0 aromatic heterocycles. The molecule has 0 unspecified atom stereocenters. The van der Waals surface area contributed by atoms with Crippen molar-refractivity contribution in [3.8, 4) is 0 Å². The molecule has 7 nitrogen and oxygen atoms in total. The highest BCUT2D eigenvalue weighted by Crippen LogP contribution is 2.25. The van der Waals surface area contributed by atoms with E-state index in [1.54, 1.807) is 19.1 Å². The molecule has 1 amide bonds. The molecule has 8 heteroatoms. The summed E-state index contributed by atoms with van der Waals surface area (Å²) in [6, 6.07) is 4.71. The van der Waals surface area contributed by atoms with E-state index in [2.05, 4.69) is 5.32 Å². The molecule has 1 aliphatic heterocycles. The zero-order valence-corrected chi connectivity index (χ0v) is 17.5. The van der Waals surface area contributed by atoms with Crippen molar-refractivity contribution < 1.29 is 22.7 Å². The minimum Gasteiger partial charge on any atom is -0.455 e. The first-order chi connectivity index (χ1) is 13.9. The number of carbonyl (C=O) groups is 2. The summed E-state index contributed by atoms with van der Waals surface area (Å²) < 4.78 is 32.4. The number of esters is 1. The number of benzene rings is 1. The molecule has 1 atom stereocenters. The number of rotatable bonds is 6. The Morgan fingerprint density at radius 2 is 1.93 bits per heavy atom. The van der Waals surface area contributed by atoms with E-state index in [-0.39, 0.29) is 23.4 Å². The van der Waals surface area contributed by atoms with Crippen LogP contribution in [0.4, 0.5) is 5.69 Å². The van der Waals surface area contributed by atoms with E-state index in [1.807, 2.05) is 12.2 Å². The van der Waals surface area contributed by atoms with Gasteiger partial charge in [0.15, 0.2) is 6.61 Å². The van der Waals surface area contributed by atoms with E-state index < -0.39 is 15.9 Å². The number of sulfonamides is 1. The Morgan fingerprint density at radius 1 is 1.17 bits per heavy atom. The van der Waals surface area contributed by atoms with E-state index in [0.29, 0.717) is 25.2 Å². The van der Waals surface area contributed by atoms with Crippen LogP contribution in [0.5, 0.6) is 0 Å². The van der Waals surface area contributed by atoms with Gasteiger partial charge in [0.25, 0.3) is 5.91 Å². The summed E-state index contributed by atoms with van der Waals surface area (Å²) in [6.07, 6.45) is 8.94. The molecule has 158 valence electrons. The standard InChI is InChI=1S/C21H28N2O5S/c1-16-10-11-18(29(26,27)23-12-6-3-7-13-23)14-19(16)22-20(24)15-28-21(25)17-8-4-2-5-9-17/h2,4,10-11,14,17H,3,5-9,12-13,15H2,1H3,(H,22,24)/t17-/m1/s1. The molecule has 0 spiro atoms. The number of amides is 1. The minimum absolute atomic E-state index is 0.159. The Kier molecular flexibility index (Phi) is 7.08. The van der Waals surface area contributed by atoms with Crippen molar-refractivity contribution in [2.75, 3.05) is 25.0 Å². The molecular formula is C21H28N2O5S.